The Morgan fingerprint density at radius 2 is 1.78 bits per heavy atom. The predicted molar refractivity (Wildman–Crippen MR) is 141 cm³/mol. The molecule has 0 aliphatic heterocycles. The summed E-state index contributed by atoms with van der Waals surface area (Å²) >= 11 is 6.50. The van der Waals surface area contributed by atoms with Crippen LogP contribution >= 0.6 is 11.6 Å². The summed E-state index contributed by atoms with van der Waals surface area (Å²) in [6.07, 6.45) is 3.04. The van der Waals surface area contributed by atoms with Crippen molar-refractivity contribution in [1.82, 2.24) is 19.3 Å². The highest BCUT2D eigenvalue weighted by Gasteiger charge is 2.24. The third kappa shape index (κ3) is 4.77. The van der Waals surface area contributed by atoms with Crippen molar-refractivity contribution in [3.05, 3.63) is 76.6 Å². The molecule has 0 aliphatic carbocycles. The lowest BCUT2D eigenvalue weighted by atomic mass is 9.94. The van der Waals surface area contributed by atoms with Crippen molar-refractivity contribution < 1.29 is 17.2 Å². The van der Waals surface area contributed by atoms with E-state index in [2.05, 4.69) is 9.82 Å². The molecule has 3 aromatic heterocycles. The van der Waals surface area contributed by atoms with Gasteiger partial charge in [0.1, 0.15) is 11.6 Å². The normalized spacial score (nSPS) is 12.9. The van der Waals surface area contributed by atoms with Crippen molar-refractivity contribution in [3.8, 4) is 11.1 Å². The molecule has 0 unspecified atom stereocenters. The van der Waals surface area contributed by atoms with Crippen molar-refractivity contribution in [1.29, 1.82) is 0 Å². The van der Waals surface area contributed by atoms with Crippen molar-refractivity contribution >= 4 is 49.4 Å². The quantitative estimate of drug-likeness (QED) is 0.323. The Morgan fingerprint density at radius 1 is 1.08 bits per heavy atom. The van der Waals surface area contributed by atoms with Gasteiger partial charge in [0, 0.05) is 37.5 Å². The second-order valence-corrected chi connectivity index (χ2v) is 11.2. The lowest BCUT2D eigenvalue weighted by molar-refractivity contribution is 0.576. The van der Waals surface area contributed by atoms with Gasteiger partial charge in [-0.3, -0.25) is 9.40 Å². The number of aryl methyl sites for hydroxylation is 2. The Morgan fingerprint density at radius 3 is 2.46 bits per heavy atom. The van der Waals surface area contributed by atoms with Gasteiger partial charge >= 0.3 is 0 Å². The Labute approximate surface area is 216 Å². The third-order valence-corrected chi connectivity index (χ3v) is 7.01. The zero-order chi connectivity index (χ0) is 26.6. The van der Waals surface area contributed by atoms with Crippen molar-refractivity contribution in [2.75, 3.05) is 11.0 Å². The van der Waals surface area contributed by atoms with Crippen LogP contribution in [-0.4, -0.2) is 34.0 Å². The van der Waals surface area contributed by atoms with Crippen molar-refractivity contribution in [2.45, 2.75) is 12.5 Å². The maximum atomic E-state index is 13.8. The highest BCUT2D eigenvalue weighted by atomic mass is 35.5. The fraction of sp³-hybridized carbons (Fsp3) is 0.200. The van der Waals surface area contributed by atoms with Gasteiger partial charge in [0.25, 0.3) is 0 Å². The molecule has 0 bridgehead atoms. The molecule has 0 saturated heterocycles. The van der Waals surface area contributed by atoms with E-state index in [4.69, 9.17) is 22.3 Å². The van der Waals surface area contributed by atoms with Crippen LogP contribution in [0.2, 0.25) is 5.02 Å². The van der Waals surface area contributed by atoms with E-state index in [1.54, 1.807) is 19.2 Å². The summed E-state index contributed by atoms with van der Waals surface area (Å²) in [6.45, 7) is 0. The van der Waals surface area contributed by atoms with E-state index < -0.39 is 27.7 Å². The summed E-state index contributed by atoms with van der Waals surface area (Å²) < 4.78 is 57.5. The van der Waals surface area contributed by atoms with Crippen LogP contribution in [0.5, 0.6) is 0 Å². The second-order valence-electron chi connectivity index (χ2n) is 9.01. The lowest BCUT2D eigenvalue weighted by Gasteiger charge is -2.18. The molecule has 2 aromatic carbocycles. The predicted octanol–water partition coefficient (Wildman–Crippen LogP) is 4.67. The van der Waals surface area contributed by atoms with Crippen LogP contribution in [0, 0.1) is 11.6 Å². The first kappa shape index (κ1) is 25.1. The van der Waals surface area contributed by atoms with E-state index >= 15 is 0 Å². The lowest BCUT2D eigenvalue weighted by Crippen LogP contribution is -2.17. The van der Waals surface area contributed by atoms with Gasteiger partial charge in [-0.25, -0.2) is 22.2 Å². The zero-order valence-corrected chi connectivity index (χ0v) is 21.7. The summed E-state index contributed by atoms with van der Waals surface area (Å²) in [5, 5.41) is 5.09. The molecular formula is C25H23ClF2N6O2S. The molecule has 12 heteroatoms. The second kappa shape index (κ2) is 9.09. The highest BCUT2D eigenvalue weighted by molar-refractivity contribution is 7.92. The van der Waals surface area contributed by atoms with E-state index in [1.165, 1.54) is 16.8 Å². The number of nitrogens with two attached hydrogens (primary N) is 1. The average Bonchev–Trinajstić information content (AvgIpc) is 3.31. The molecule has 0 radical (unpaired) electrons. The summed E-state index contributed by atoms with van der Waals surface area (Å²) in [5.74, 6) is -1.27. The fourth-order valence-corrected chi connectivity index (χ4v) is 5.36. The van der Waals surface area contributed by atoms with Gasteiger partial charge < -0.3 is 10.3 Å². The SMILES string of the molecule is Cn1ccc2nc([C@H](N)Cc3cc(F)cc(F)c3)c(-c3ccc(Cl)c4c(NS(C)(=O)=O)nn(C)c34)cc21. The number of nitrogens with zero attached hydrogens (tertiary/aromatic N) is 4. The number of hydrogen-bond acceptors (Lipinski definition) is 5. The molecular weight excluding hydrogens is 522 g/mol. The van der Waals surface area contributed by atoms with Gasteiger partial charge in [-0.15, -0.1) is 0 Å². The average molecular weight is 545 g/mol. The van der Waals surface area contributed by atoms with Gasteiger partial charge in [-0.1, -0.05) is 17.7 Å². The number of nitrogens with one attached hydrogen (secondary N) is 1. The maximum absolute atomic E-state index is 13.8. The molecule has 3 heterocycles. The number of aromatic nitrogens is 4. The van der Waals surface area contributed by atoms with Gasteiger partial charge in [0.15, 0.2) is 5.82 Å². The van der Waals surface area contributed by atoms with E-state index in [9.17, 15) is 17.2 Å². The number of rotatable bonds is 6. The minimum absolute atomic E-state index is 0.0980. The standard InChI is InChI=1S/C25H23ClF2N6O2S/c1-33-7-6-20-21(33)12-17(23(30-20)19(29)10-13-8-14(27)11-15(28)9-13)16-4-5-18(26)22-24(16)34(2)31-25(22)32-37(3,35)36/h4-9,11-12,19H,10,29H2,1-3H3,(H,31,32)/t19-/m1/s1. The summed E-state index contributed by atoms with van der Waals surface area (Å²) in [5.41, 5.74) is 11.0. The number of anilines is 1. The van der Waals surface area contributed by atoms with Crippen molar-refractivity contribution in [3.63, 3.8) is 0 Å². The zero-order valence-electron chi connectivity index (χ0n) is 20.1. The minimum Gasteiger partial charge on any atom is -0.349 e. The first-order valence-electron chi connectivity index (χ1n) is 11.2. The smallest absolute Gasteiger partial charge is 0.231 e. The first-order chi connectivity index (χ1) is 17.4. The van der Waals surface area contributed by atoms with E-state index in [-0.39, 0.29) is 12.2 Å². The molecule has 3 N–H and O–H groups in total. The molecule has 192 valence electrons. The van der Waals surface area contributed by atoms with Crippen LogP contribution in [0.1, 0.15) is 17.3 Å². The minimum atomic E-state index is -3.62. The summed E-state index contributed by atoms with van der Waals surface area (Å²) in [6, 6.07) is 9.82. The molecule has 37 heavy (non-hydrogen) atoms. The maximum Gasteiger partial charge on any atom is 0.231 e. The largest absolute Gasteiger partial charge is 0.349 e. The van der Waals surface area contributed by atoms with Gasteiger partial charge in [-0.05, 0) is 42.3 Å². The summed E-state index contributed by atoms with van der Waals surface area (Å²) in [4.78, 5) is 4.83. The van der Waals surface area contributed by atoms with Gasteiger partial charge in [0.2, 0.25) is 10.0 Å². The first-order valence-corrected chi connectivity index (χ1v) is 13.5. The van der Waals surface area contributed by atoms with E-state index in [1.807, 2.05) is 29.9 Å². The Kier molecular flexibility index (Phi) is 6.17. The van der Waals surface area contributed by atoms with Crippen LogP contribution in [0.3, 0.4) is 0 Å². The molecule has 1 atom stereocenters. The van der Waals surface area contributed by atoms with Crippen molar-refractivity contribution in [2.24, 2.45) is 19.8 Å². The molecule has 0 fully saturated rings. The number of pyridine rings is 1. The van der Waals surface area contributed by atoms with E-state index in [0.717, 1.165) is 17.8 Å². The fourth-order valence-electron chi connectivity index (χ4n) is 4.62. The number of sulfonamides is 1. The highest BCUT2D eigenvalue weighted by Crippen LogP contribution is 2.40. The monoisotopic (exact) mass is 544 g/mol. The molecule has 0 saturated carbocycles. The number of benzene rings is 2. The summed E-state index contributed by atoms with van der Waals surface area (Å²) in [7, 11) is -0.0539. The van der Waals surface area contributed by atoms with Gasteiger partial charge in [-0.2, -0.15) is 5.10 Å². The Hall–Kier alpha value is -3.54. The Bertz CT molecular complexity index is 1780. The molecule has 5 rings (SSSR count). The van der Waals surface area contributed by atoms with Crippen LogP contribution in [0.25, 0.3) is 33.1 Å². The molecule has 0 spiro atoms. The number of halogens is 3. The number of fused-ring (bicyclic) bond motifs is 2. The van der Waals surface area contributed by atoms with Gasteiger partial charge in [0.05, 0.1) is 45.0 Å². The van der Waals surface area contributed by atoms with E-state index in [0.29, 0.717) is 43.8 Å². The molecule has 0 aliphatic rings. The number of hydrogen-bond donors (Lipinski definition) is 2. The van der Waals surface area contributed by atoms with Crippen LogP contribution < -0.4 is 10.5 Å². The molecule has 5 aromatic rings. The Balaban J connectivity index is 1.74. The van der Waals surface area contributed by atoms with Crippen LogP contribution in [0.15, 0.2) is 48.7 Å². The third-order valence-electron chi connectivity index (χ3n) is 6.14. The van der Waals surface area contributed by atoms with Crippen LogP contribution in [-0.2, 0) is 30.5 Å². The molecule has 8 nitrogen and oxygen atoms in total. The van der Waals surface area contributed by atoms with Crippen LogP contribution in [0.4, 0.5) is 14.6 Å². The molecule has 0 amide bonds. The topological polar surface area (TPSA) is 108 Å².